The zero-order valence-electron chi connectivity index (χ0n) is 14.5. The molecule has 0 aliphatic carbocycles. The Morgan fingerprint density at radius 1 is 1.00 bits per heavy atom. The van der Waals surface area contributed by atoms with Crippen molar-refractivity contribution in [3.8, 4) is 5.75 Å². The Kier molecular flexibility index (Phi) is 7.01. The first-order valence-corrected chi connectivity index (χ1v) is 8.22. The van der Waals surface area contributed by atoms with Crippen LogP contribution >= 0.6 is 0 Å². The largest absolute Gasteiger partial charge is 0.497 e. The number of carbonyl (C=O) groups is 2. The molecule has 0 unspecified atom stereocenters. The summed E-state index contributed by atoms with van der Waals surface area (Å²) in [6.07, 6.45) is 0.0292. The van der Waals surface area contributed by atoms with E-state index in [0.717, 1.165) is 16.9 Å². The van der Waals surface area contributed by atoms with E-state index in [9.17, 15) is 9.59 Å². The third kappa shape index (κ3) is 6.30. The molecule has 5 heteroatoms. The number of hydrogen-bond donors (Lipinski definition) is 1. The molecule has 0 spiro atoms. The molecule has 2 aromatic rings. The van der Waals surface area contributed by atoms with Crippen LogP contribution in [-0.2, 0) is 27.3 Å². The molecule has 0 saturated carbocycles. The van der Waals surface area contributed by atoms with Gasteiger partial charge in [0.25, 0.3) is 5.91 Å². The quantitative estimate of drug-likeness (QED) is 0.750. The Balaban J connectivity index is 1.72. The van der Waals surface area contributed by atoms with Gasteiger partial charge in [0.15, 0.2) is 6.10 Å². The first-order chi connectivity index (χ1) is 12.1. The van der Waals surface area contributed by atoms with Crippen molar-refractivity contribution in [3.63, 3.8) is 0 Å². The Bertz CT molecular complexity index is 683. The van der Waals surface area contributed by atoms with E-state index in [1.807, 2.05) is 54.6 Å². The lowest BCUT2D eigenvalue weighted by Crippen LogP contribution is -2.35. The zero-order valence-corrected chi connectivity index (χ0v) is 14.5. The second kappa shape index (κ2) is 9.47. The fraction of sp³-hybridized carbons (Fsp3) is 0.300. The maximum atomic E-state index is 12.0. The van der Waals surface area contributed by atoms with Crippen LogP contribution in [0.4, 0.5) is 0 Å². The van der Waals surface area contributed by atoms with Crippen LogP contribution in [-0.4, -0.2) is 25.1 Å². The summed E-state index contributed by atoms with van der Waals surface area (Å²) in [5.74, 6) is 0.0654. The number of methoxy groups -OCH3 is 1. The van der Waals surface area contributed by atoms with Crippen LogP contribution < -0.4 is 10.1 Å². The minimum Gasteiger partial charge on any atom is -0.497 e. The number of hydrogen-bond acceptors (Lipinski definition) is 4. The minimum absolute atomic E-state index is 0.250. The van der Waals surface area contributed by atoms with E-state index in [4.69, 9.17) is 9.47 Å². The van der Waals surface area contributed by atoms with Gasteiger partial charge in [-0.3, -0.25) is 9.59 Å². The van der Waals surface area contributed by atoms with E-state index in [1.165, 1.54) is 0 Å². The number of nitrogens with one attached hydrogen (secondary N) is 1. The summed E-state index contributed by atoms with van der Waals surface area (Å²) in [5.41, 5.74) is 2.01. The van der Waals surface area contributed by atoms with Crippen LogP contribution in [0.1, 0.15) is 24.5 Å². The Morgan fingerprint density at radius 2 is 1.68 bits per heavy atom. The van der Waals surface area contributed by atoms with Crippen LogP contribution in [0.5, 0.6) is 5.75 Å². The van der Waals surface area contributed by atoms with Crippen LogP contribution in [0.2, 0.25) is 0 Å². The summed E-state index contributed by atoms with van der Waals surface area (Å²) in [7, 11) is 1.60. The lowest BCUT2D eigenvalue weighted by atomic mass is 10.1. The van der Waals surface area contributed by atoms with Crippen molar-refractivity contribution in [1.82, 2.24) is 5.32 Å². The summed E-state index contributed by atoms with van der Waals surface area (Å²) in [4.78, 5) is 23.9. The molecule has 2 rings (SSSR count). The molecule has 0 aliphatic rings. The average molecular weight is 341 g/mol. The second-order valence-electron chi connectivity index (χ2n) is 5.68. The normalized spacial score (nSPS) is 11.4. The van der Waals surface area contributed by atoms with Crippen molar-refractivity contribution in [3.05, 3.63) is 65.7 Å². The molecule has 0 radical (unpaired) electrons. The molecule has 0 fully saturated rings. The molecule has 1 atom stereocenters. The van der Waals surface area contributed by atoms with Crippen molar-refractivity contribution in [2.75, 3.05) is 7.11 Å². The van der Waals surface area contributed by atoms with E-state index in [0.29, 0.717) is 13.0 Å². The number of amides is 1. The van der Waals surface area contributed by atoms with E-state index in [2.05, 4.69) is 5.32 Å². The van der Waals surface area contributed by atoms with Gasteiger partial charge in [-0.05, 0) is 36.6 Å². The number of ether oxygens (including phenoxy) is 2. The molecule has 132 valence electrons. The maximum absolute atomic E-state index is 12.0. The van der Waals surface area contributed by atoms with Crippen LogP contribution in [0, 0.1) is 0 Å². The molecule has 5 nitrogen and oxygen atoms in total. The topological polar surface area (TPSA) is 64.6 Å². The highest BCUT2D eigenvalue weighted by Crippen LogP contribution is 2.11. The van der Waals surface area contributed by atoms with Gasteiger partial charge in [0.1, 0.15) is 5.75 Å². The molecule has 2 aromatic carbocycles. The van der Waals surface area contributed by atoms with Gasteiger partial charge in [0, 0.05) is 13.0 Å². The van der Waals surface area contributed by atoms with Gasteiger partial charge >= 0.3 is 5.97 Å². The van der Waals surface area contributed by atoms with Gasteiger partial charge in [0.2, 0.25) is 0 Å². The summed E-state index contributed by atoms with van der Waals surface area (Å²) in [5, 5.41) is 2.76. The second-order valence-corrected chi connectivity index (χ2v) is 5.68. The third-order valence-electron chi connectivity index (χ3n) is 3.76. The Labute approximate surface area is 148 Å². The highest BCUT2D eigenvalue weighted by atomic mass is 16.5. The lowest BCUT2D eigenvalue weighted by molar-refractivity contribution is -0.154. The number of rotatable bonds is 8. The van der Waals surface area contributed by atoms with Gasteiger partial charge in [-0.2, -0.15) is 0 Å². The fourth-order valence-electron chi connectivity index (χ4n) is 2.28. The minimum atomic E-state index is -0.818. The Hall–Kier alpha value is -2.82. The van der Waals surface area contributed by atoms with Crippen LogP contribution in [0.25, 0.3) is 0 Å². The standard InChI is InChI=1S/C20H23NO4/c1-15(25-19(22)13-10-16-6-4-3-5-7-16)20(23)21-14-17-8-11-18(24-2)12-9-17/h3-9,11-12,15H,10,13-14H2,1-2H3,(H,21,23)/t15-/m0/s1. The number of benzene rings is 2. The molecule has 25 heavy (non-hydrogen) atoms. The number of esters is 1. The number of aryl methyl sites for hydroxylation is 1. The molecular weight excluding hydrogens is 318 g/mol. The molecule has 0 aromatic heterocycles. The summed E-state index contributed by atoms with van der Waals surface area (Å²) in [6.45, 7) is 1.94. The average Bonchev–Trinajstić information content (AvgIpc) is 2.65. The van der Waals surface area contributed by atoms with E-state index in [-0.39, 0.29) is 18.3 Å². The van der Waals surface area contributed by atoms with Crippen molar-refractivity contribution in [1.29, 1.82) is 0 Å². The predicted molar refractivity (Wildman–Crippen MR) is 95.2 cm³/mol. The molecule has 1 amide bonds. The highest BCUT2D eigenvalue weighted by Gasteiger charge is 2.17. The molecule has 0 saturated heterocycles. The van der Waals surface area contributed by atoms with Crippen molar-refractivity contribution >= 4 is 11.9 Å². The lowest BCUT2D eigenvalue weighted by Gasteiger charge is -2.13. The zero-order chi connectivity index (χ0) is 18.1. The Morgan fingerprint density at radius 3 is 2.32 bits per heavy atom. The van der Waals surface area contributed by atoms with E-state index >= 15 is 0 Å². The summed E-state index contributed by atoms with van der Waals surface area (Å²) >= 11 is 0. The molecule has 0 heterocycles. The smallest absolute Gasteiger partial charge is 0.306 e. The van der Waals surface area contributed by atoms with Gasteiger partial charge < -0.3 is 14.8 Å². The van der Waals surface area contributed by atoms with E-state index in [1.54, 1.807) is 14.0 Å². The third-order valence-corrected chi connectivity index (χ3v) is 3.76. The van der Waals surface area contributed by atoms with Crippen molar-refractivity contribution < 1.29 is 19.1 Å². The van der Waals surface area contributed by atoms with Crippen molar-refractivity contribution in [2.45, 2.75) is 32.4 Å². The van der Waals surface area contributed by atoms with Gasteiger partial charge in [0.05, 0.1) is 7.11 Å². The monoisotopic (exact) mass is 341 g/mol. The summed E-state index contributed by atoms with van der Waals surface area (Å²) < 4.78 is 10.3. The fourth-order valence-corrected chi connectivity index (χ4v) is 2.28. The molecular formula is C20H23NO4. The molecule has 1 N–H and O–H groups in total. The molecule has 0 bridgehead atoms. The van der Waals surface area contributed by atoms with E-state index < -0.39 is 6.10 Å². The molecule has 0 aliphatic heterocycles. The number of carbonyl (C=O) groups excluding carboxylic acids is 2. The summed E-state index contributed by atoms with van der Waals surface area (Å²) in [6, 6.07) is 17.1. The first-order valence-electron chi connectivity index (χ1n) is 8.22. The van der Waals surface area contributed by atoms with Gasteiger partial charge in [-0.25, -0.2) is 0 Å². The SMILES string of the molecule is COc1ccc(CNC(=O)[C@H](C)OC(=O)CCc2ccccc2)cc1. The predicted octanol–water partition coefficient (Wildman–Crippen LogP) is 2.88. The van der Waals surface area contributed by atoms with Crippen molar-refractivity contribution in [2.24, 2.45) is 0 Å². The first kappa shape index (κ1) is 18.5. The van der Waals surface area contributed by atoms with Gasteiger partial charge in [-0.15, -0.1) is 0 Å². The van der Waals surface area contributed by atoms with Crippen LogP contribution in [0.3, 0.4) is 0 Å². The van der Waals surface area contributed by atoms with Gasteiger partial charge in [-0.1, -0.05) is 42.5 Å². The maximum Gasteiger partial charge on any atom is 0.306 e. The van der Waals surface area contributed by atoms with Crippen LogP contribution in [0.15, 0.2) is 54.6 Å². The highest BCUT2D eigenvalue weighted by molar-refractivity contribution is 5.83.